The largest absolute Gasteiger partial charge is 0.383 e. The first kappa shape index (κ1) is 17.4. The normalized spacial score (nSPS) is 11.0. The van der Waals surface area contributed by atoms with Crippen molar-refractivity contribution in [2.45, 2.75) is 20.0 Å². The molecular weight excluding hydrogens is 316 g/mol. The van der Waals surface area contributed by atoms with E-state index in [0.717, 1.165) is 39.3 Å². The van der Waals surface area contributed by atoms with Crippen molar-refractivity contribution in [3.05, 3.63) is 46.5 Å². The van der Waals surface area contributed by atoms with E-state index in [-0.39, 0.29) is 0 Å². The molecule has 1 N–H and O–H groups in total. The monoisotopic (exact) mass is 340 g/mol. The molecule has 0 aliphatic carbocycles. The molecule has 1 rings (SSSR count). The maximum atomic E-state index is 5.15. The zero-order valence-electron chi connectivity index (χ0n) is 12.5. The number of halogens is 1. The van der Waals surface area contributed by atoms with Gasteiger partial charge in [0.05, 0.1) is 6.61 Å². The number of nitrogens with one attached hydrogen (secondary N) is 1. The van der Waals surface area contributed by atoms with Crippen LogP contribution >= 0.6 is 15.9 Å². The van der Waals surface area contributed by atoms with Gasteiger partial charge in [-0.2, -0.15) is 0 Å². The highest BCUT2D eigenvalue weighted by atomic mass is 79.9. The fraction of sp³-hybridized carbons (Fsp3) is 0.500. The molecule has 20 heavy (non-hydrogen) atoms. The molecule has 0 aromatic heterocycles. The predicted molar refractivity (Wildman–Crippen MR) is 88.9 cm³/mol. The van der Waals surface area contributed by atoms with Crippen LogP contribution in [-0.2, 0) is 17.8 Å². The van der Waals surface area contributed by atoms with Gasteiger partial charge in [0, 0.05) is 37.8 Å². The highest BCUT2D eigenvalue weighted by molar-refractivity contribution is 9.10. The van der Waals surface area contributed by atoms with Gasteiger partial charge in [0.15, 0.2) is 0 Å². The first-order valence-corrected chi connectivity index (χ1v) is 7.80. The lowest BCUT2D eigenvalue weighted by Crippen LogP contribution is -2.27. The number of rotatable bonds is 10. The molecule has 0 bridgehead atoms. The molecule has 0 atom stereocenters. The van der Waals surface area contributed by atoms with Crippen LogP contribution in [0.4, 0.5) is 0 Å². The predicted octanol–water partition coefficient (Wildman–Crippen LogP) is 3.19. The topological polar surface area (TPSA) is 24.5 Å². The van der Waals surface area contributed by atoms with Crippen molar-refractivity contribution in [1.82, 2.24) is 10.2 Å². The summed E-state index contributed by atoms with van der Waals surface area (Å²) in [6, 6.07) is 6.57. The van der Waals surface area contributed by atoms with E-state index in [4.69, 9.17) is 4.74 Å². The number of hydrogen-bond acceptors (Lipinski definition) is 3. The van der Waals surface area contributed by atoms with Gasteiger partial charge in [-0.05, 0) is 23.7 Å². The first-order chi connectivity index (χ1) is 9.71. The van der Waals surface area contributed by atoms with Crippen molar-refractivity contribution < 1.29 is 4.74 Å². The fourth-order valence-corrected chi connectivity index (χ4v) is 2.53. The molecule has 112 valence electrons. The highest BCUT2D eigenvalue weighted by Gasteiger charge is 2.07. The second kappa shape index (κ2) is 10.1. The van der Waals surface area contributed by atoms with E-state index in [2.05, 4.69) is 57.8 Å². The average molecular weight is 341 g/mol. The Morgan fingerprint density at radius 2 is 2.25 bits per heavy atom. The van der Waals surface area contributed by atoms with E-state index in [1.165, 1.54) is 15.6 Å². The minimum Gasteiger partial charge on any atom is -0.383 e. The third-order valence-electron chi connectivity index (χ3n) is 3.09. The lowest BCUT2D eigenvalue weighted by Gasteiger charge is -2.21. The number of methoxy groups -OCH3 is 1. The van der Waals surface area contributed by atoms with E-state index in [1.807, 2.05) is 6.08 Å². The van der Waals surface area contributed by atoms with E-state index < -0.39 is 0 Å². The van der Waals surface area contributed by atoms with Crippen molar-refractivity contribution in [1.29, 1.82) is 0 Å². The van der Waals surface area contributed by atoms with Gasteiger partial charge in [-0.3, -0.25) is 4.90 Å². The van der Waals surface area contributed by atoms with Crippen LogP contribution < -0.4 is 5.32 Å². The minimum atomic E-state index is 0.740. The summed E-state index contributed by atoms with van der Waals surface area (Å²) in [5, 5.41) is 3.34. The Bertz CT molecular complexity index is 409. The van der Waals surface area contributed by atoms with Gasteiger partial charge < -0.3 is 10.1 Å². The van der Waals surface area contributed by atoms with Gasteiger partial charge in [-0.15, -0.1) is 6.58 Å². The zero-order valence-corrected chi connectivity index (χ0v) is 14.1. The lowest BCUT2D eigenvalue weighted by atomic mass is 10.1. The Morgan fingerprint density at radius 3 is 2.85 bits per heavy atom. The van der Waals surface area contributed by atoms with Gasteiger partial charge >= 0.3 is 0 Å². The molecule has 0 aliphatic rings. The van der Waals surface area contributed by atoms with Crippen LogP contribution in [0.5, 0.6) is 0 Å². The van der Waals surface area contributed by atoms with E-state index >= 15 is 0 Å². The van der Waals surface area contributed by atoms with Crippen molar-refractivity contribution in [3.63, 3.8) is 0 Å². The van der Waals surface area contributed by atoms with Crippen LogP contribution in [0.15, 0.2) is 35.3 Å². The SMILES string of the molecule is C=CCN(CCOC)Cc1ccc(CNCC)cc1Br. The molecule has 0 spiro atoms. The van der Waals surface area contributed by atoms with Crippen molar-refractivity contribution >= 4 is 15.9 Å². The molecule has 0 unspecified atom stereocenters. The molecule has 1 aromatic rings. The molecule has 1 aromatic carbocycles. The quantitative estimate of drug-likeness (QED) is 0.662. The molecule has 0 amide bonds. The molecular formula is C16H25BrN2O. The van der Waals surface area contributed by atoms with E-state index in [0.29, 0.717) is 0 Å². The Kier molecular flexibility index (Phi) is 8.78. The van der Waals surface area contributed by atoms with Crippen LogP contribution in [0.25, 0.3) is 0 Å². The average Bonchev–Trinajstić information content (AvgIpc) is 2.45. The number of nitrogens with zero attached hydrogens (tertiary/aromatic N) is 1. The van der Waals surface area contributed by atoms with Gasteiger partial charge in [-0.1, -0.05) is 41.1 Å². The third kappa shape index (κ3) is 6.18. The Morgan fingerprint density at radius 1 is 1.45 bits per heavy atom. The van der Waals surface area contributed by atoms with E-state index in [1.54, 1.807) is 7.11 Å². The second-order valence-electron chi connectivity index (χ2n) is 4.72. The lowest BCUT2D eigenvalue weighted by molar-refractivity contribution is 0.151. The fourth-order valence-electron chi connectivity index (χ4n) is 1.98. The molecule has 0 radical (unpaired) electrons. The standard InChI is InChI=1S/C16H25BrN2O/c1-4-8-19(9-10-20-3)13-15-7-6-14(11-16(15)17)12-18-5-2/h4,6-7,11,18H,1,5,8-10,12-13H2,2-3H3. The van der Waals surface area contributed by atoms with Gasteiger partial charge in [0.1, 0.15) is 0 Å². The Hall–Kier alpha value is -0.680. The summed E-state index contributed by atoms with van der Waals surface area (Å²) < 4.78 is 6.32. The highest BCUT2D eigenvalue weighted by Crippen LogP contribution is 2.20. The van der Waals surface area contributed by atoms with Crippen LogP contribution in [-0.4, -0.2) is 38.3 Å². The summed E-state index contributed by atoms with van der Waals surface area (Å²) in [6.07, 6.45) is 1.93. The zero-order chi connectivity index (χ0) is 14.8. The number of hydrogen-bond donors (Lipinski definition) is 1. The maximum absolute atomic E-state index is 5.15. The van der Waals surface area contributed by atoms with Crippen molar-refractivity contribution in [2.75, 3.05) is 33.4 Å². The molecule has 0 saturated carbocycles. The summed E-state index contributed by atoms with van der Waals surface area (Å²) in [5.41, 5.74) is 2.60. The second-order valence-corrected chi connectivity index (χ2v) is 5.58. The molecule has 0 fully saturated rings. The molecule has 4 heteroatoms. The van der Waals surface area contributed by atoms with Gasteiger partial charge in [-0.25, -0.2) is 0 Å². The maximum Gasteiger partial charge on any atom is 0.0589 e. The van der Waals surface area contributed by atoms with Crippen molar-refractivity contribution in [3.8, 4) is 0 Å². The smallest absolute Gasteiger partial charge is 0.0589 e. The van der Waals surface area contributed by atoms with Crippen LogP contribution in [0.3, 0.4) is 0 Å². The third-order valence-corrected chi connectivity index (χ3v) is 3.83. The van der Waals surface area contributed by atoms with E-state index in [9.17, 15) is 0 Å². The molecule has 0 aliphatic heterocycles. The van der Waals surface area contributed by atoms with Crippen LogP contribution in [0, 0.1) is 0 Å². The summed E-state index contributed by atoms with van der Waals surface area (Å²) in [7, 11) is 1.73. The summed E-state index contributed by atoms with van der Waals surface area (Å²) in [4.78, 5) is 2.32. The van der Waals surface area contributed by atoms with Crippen LogP contribution in [0.2, 0.25) is 0 Å². The molecule has 0 saturated heterocycles. The van der Waals surface area contributed by atoms with Crippen LogP contribution in [0.1, 0.15) is 18.1 Å². The Balaban J connectivity index is 2.66. The summed E-state index contributed by atoms with van der Waals surface area (Å²) >= 11 is 3.68. The van der Waals surface area contributed by atoms with Gasteiger partial charge in [0.25, 0.3) is 0 Å². The van der Waals surface area contributed by atoms with Gasteiger partial charge in [0.2, 0.25) is 0 Å². The number of benzene rings is 1. The molecule has 3 nitrogen and oxygen atoms in total. The van der Waals surface area contributed by atoms with Crippen molar-refractivity contribution in [2.24, 2.45) is 0 Å². The Labute approximate surface area is 131 Å². The summed E-state index contributed by atoms with van der Waals surface area (Å²) in [6.45, 7) is 11.3. The molecule has 0 heterocycles. The summed E-state index contributed by atoms with van der Waals surface area (Å²) in [5.74, 6) is 0. The number of ether oxygens (including phenoxy) is 1. The minimum absolute atomic E-state index is 0.740. The first-order valence-electron chi connectivity index (χ1n) is 7.01.